The maximum atomic E-state index is 13.5. The second-order valence-electron chi connectivity index (χ2n) is 8.21. The lowest BCUT2D eigenvalue weighted by atomic mass is 10.0. The molecule has 0 bridgehead atoms. The Bertz CT molecular complexity index is 1030. The number of nitrogens with one attached hydrogen (secondary N) is 1. The van der Waals surface area contributed by atoms with E-state index in [-0.39, 0.29) is 37.2 Å². The summed E-state index contributed by atoms with van der Waals surface area (Å²) in [5.74, 6) is -0.771. The summed E-state index contributed by atoms with van der Waals surface area (Å²) in [6, 6.07) is 24.5. The molecule has 3 rings (SSSR count). The highest BCUT2D eigenvalue weighted by atomic mass is 19.1. The van der Waals surface area contributed by atoms with Crippen LogP contribution < -0.4 is 5.32 Å². The lowest BCUT2D eigenvalue weighted by Gasteiger charge is -2.31. The third-order valence-electron chi connectivity index (χ3n) is 5.64. The van der Waals surface area contributed by atoms with Gasteiger partial charge in [-0.05, 0) is 41.7 Å². The quantitative estimate of drug-likeness (QED) is 0.401. The van der Waals surface area contributed by atoms with Gasteiger partial charge < -0.3 is 15.3 Å². The van der Waals surface area contributed by atoms with Crippen LogP contribution in [0.15, 0.2) is 84.9 Å². The third kappa shape index (κ3) is 7.81. The van der Waals surface area contributed by atoms with Crippen molar-refractivity contribution in [3.63, 3.8) is 0 Å². The smallest absolute Gasteiger partial charge is 0.243 e. The van der Waals surface area contributed by atoms with Crippen LogP contribution in [0.4, 0.5) is 4.39 Å². The van der Waals surface area contributed by atoms with Gasteiger partial charge in [0.25, 0.3) is 0 Å². The van der Waals surface area contributed by atoms with Gasteiger partial charge in [0.15, 0.2) is 0 Å². The maximum absolute atomic E-state index is 13.5. The fourth-order valence-corrected chi connectivity index (χ4v) is 3.79. The molecular formula is C28H31FN2O3. The van der Waals surface area contributed by atoms with E-state index < -0.39 is 6.04 Å². The fourth-order valence-electron chi connectivity index (χ4n) is 3.79. The molecule has 0 saturated carbocycles. The van der Waals surface area contributed by atoms with E-state index in [0.29, 0.717) is 25.8 Å². The van der Waals surface area contributed by atoms with Crippen LogP contribution in [0.3, 0.4) is 0 Å². The molecule has 0 fully saturated rings. The predicted molar refractivity (Wildman–Crippen MR) is 130 cm³/mol. The van der Waals surface area contributed by atoms with Crippen molar-refractivity contribution < 1.29 is 19.1 Å². The van der Waals surface area contributed by atoms with Crippen LogP contribution in [0.1, 0.15) is 29.5 Å². The first-order valence-corrected chi connectivity index (χ1v) is 11.6. The Kier molecular flexibility index (Phi) is 9.80. The molecule has 0 aliphatic rings. The van der Waals surface area contributed by atoms with Gasteiger partial charge in [-0.15, -0.1) is 0 Å². The van der Waals surface area contributed by atoms with E-state index in [1.165, 1.54) is 12.1 Å². The standard InChI is InChI=1S/C28H31FN2O3/c29-25-15-12-24(13-16-25)21-31(27(33)17-14-22-8-3-1-4-9-22)26(28(34)30-18-7-19-32)20-23-10-5-2-6-11-23/h1-6,8-13,15-16,26,32H,7,14,17-21H2,(H,30,34)/t26-/m1/s1. The third-order valence-corrected chi connectivity index (χ3v) is 5.64. The Morgan fingerprint density at radius 1 is 0.853 bits per heavy atom. The predicted octanol–water partition coefficient (Wildman–Crippen LogP) is 3.90. The van der Waals surface area contributed by atoms with Crippen molar-refractivity contribution in [3.05, 3.63) is 107 Å². The second kappa shape index (κ2) is 13.3. The lowest BCUT2D eigenvalue weighted by Crippen LogP contribution is -2.50. The Labute approximate surface area is 200 Å². The first-order valence-electron chi connectivity index (χ1n) is 11.6. The molecule has 0 saturated heterocycles. The molecule has 0 aliphatic heterocycles. The number of aliphatic hydroxyl groups is 1. The van der Waals surface area contributed by atoms with Crippen LogP contribution in [0, 0.1) is 5.82 Å². The van der Waals surface area contributed by atoms with Gasteiger partial charge in [-0.2, -0.15) is 0 Å². The molecule has 6 heteroatoms. The Hall–Kier alpha value is -3.51. The summed E-state index contributed by atoms with van der Waals surface area (Å²) >= 11 is 0. The molecular weight excluding hydrogens is 431 g/mol. The summed E-state index contributed by atoms with van der Waals surface area (Å²) in [6.07, 6.45) is 1.60. The van der Waals surface area contributed by atoms with Gasteiger partial charge in [-0.1, -0.05) is 72.8 Å². The van der Waals surface area contributed by atoms with Gasteiger partial charge in [-0.25, -0.2) is 4.39 Å². The van der Waals surface area contributed by atoms with Gasteiger partial charge in [-0.3, -0.25) is 9.59 Å². The number of aryl methyl sites for hydroxylation is 1. The molecule has 0 aromatic heterocycles. The topological polar surface area (TPSA) is 69.6 Å². The molecule has 3 aromatic rings. The van der Waals surface area contributed by atoms with E-state index in [9.17, 15) is 14.0 Å². The largest absolute Gasteiger partial charge is 0.396 e. The average molecular weight is 463 g/mol. The fraction of sp³-hybridized carbons (Fsp3) is 0.286. The number of rotatable bonds is 12. The number of carbonyl (C=O) groups excluding carboxylic acids is 2. The van der Waals surface area contributed by atoms with E-state index in [0.717, 1.165) is 16.7 Å². The SMILES string of the molecule is O=C(NCCCO)[C@@H](Cc1ccccc1)N(Cc1ccc(F)cc1)C(=O)CCc1ccccc1. The lowest BCUT2D eigenvalue weighted by molar-refractivity contribution is -0.141. The van der Waals surface area contributed by atoms with E-state index in [4.69, 9.17) is 5.11 Å². The van der Waals surface area contributed by atoms with Crippen molar-refractivity contribution >= 4 is 11.8 Å². The summed E-state index contributed by atoms with van der Waals surface area (Å²) in [5, 5.41) is 12.0. The molecule has 34 heavy (non-hydrogen) atoms. The van der Waals surface area contributed by atoms with E-state index in [1.807, 2.05) is 60.7 Å². The molecule has 178 valence electrons. The van der Waals surface area contributed by atoms with Gasteiger partial charge >= 0.3 is 0 Å². The summed E-state index contributed by atoms with van der Waals surface area (Å²) < 4.78 is 13.5. The Morgan fingerprint density at radius 3 is 2.09 bits per heavy atom. The molecule has 2 N–H and O–H groups in total. The number of nitrogens with zero attached hydrogens (tertiary/aromatic N) is 1. The molecule has 0 spiro atoms. The Morgan fingerprint density at radius 2 is 1.47 bits per heavy atom. The number of halogens is 1. The Balaban J connectivity index is 1.86. The van der Waals surface area contributed by atoms with Crippen LogP contribution >= 0.6 is 0 Å². The van der Waals surface area contributed by atoms with E-state index >= 15 is 0 Å². The van der Waals surface area contributed by atoms with Gasteiger partial charge in [0, 0.05) is 32.5 Å². The highest BCUT2D eigenvalue weighted by molar-refractivity contribution is 5.88. The van der Waals surface area contributed by atoms with Gasteiger partial charge in [0.05, 0.1) is 0 Å². The molecule has 0 heterocycles. The number of carbonyl (C=O) groups is 2. The number of amides is 2. The van der Waals surface area contributed by atoms with Crippen molar-refractivity contribution in [3.8, 4) is 0 Å². The first kappa shape index (κ1) is 25.1. The summed E-state index contributed by atoms with van der Waals surface area (Å²) in [5.41, 5.74) is 2.73. The number of hydrogen-bond acceptors (Lipinski definition) is 3. The summed E-state index contributed by atoms with van der Waals surface area (Å²) in [4.78, 5) is 28.3. The molecule has 0 radical (unpaired) electrons. The monoisotopic (exact) mass is 462 g/mol. The second-order valence-corrected chi connectivity index (χ2v) is 8.21. The average Bonchev–Trinajstić information content (AvgIpc) is 2.87. The van der Waals surface area contributed by atoms with Crippen LogP contribution in [0.25, 0.3) is 0 Å². The maximum Gasteiger partial charge on any atom is 0.243 e. The number of benzene rings is 3. The van der Waals surface area contributed by atoms with Gasteiger partial charge in [0.1, 0.15) is 11.9 Å². The zero-order valence-corrected chi connectivity index (χ0v) is 19.2. The van der Waals surface area contributed by atoms with Crippen LogP contribution in [-0.2, 0) is 29.0 Å². The molecule has 1 atom stereocenters. The highest BCUT2D eigenvalue weighted by Crippen LogP contribution is 2.17. The first-order chi connectivity index (χ1) is 16.6. The number of aliphatic hydroxyl groups excluding tert-OH is 1. The van der Waals surface area contributed by atoms with Crippen LogP contribution in [-0.4, -0.2) is 41.0 Å². The minimum atomic E-state index is -0.741. The van der Waals surface area contributed by atoms with Crippen molar-refractivity contribution in [1.29, 1.82) is 0 Å². The van der Waals surface area contributed by atoms with Crippen molar-refractivity contribution in [2.45, 2.75) is 38.3 Å². The van der Waals surface area contributed by atoms with E-state index in [2.05, 4.69) is 5.32 Å². The van der Waals surface area contributed by atoms with Crippen molar-refractivity contribution in [1.82, 2.24) is 10.2 Å². The molecule has 0 unspecified atom stereocenters. The summed E-state index contributed by atoms with van der Waals surface area (Å²) in [7, 11) is 0. The number of hydrogen-bond donors (Lipinski definition) is 2. The molecule has 3 aromatic carbocycles. The van der Waals surface area contributed by atoms with Crippen molar-refractivity contribution in [2.24, 2.45) is 0 Å². The molecule has 0 aliphatic carbocycles. The summed E-state index contributed by atoms with van der Waals surface area (Å²) in [6.45, 7) is 0.487. The van der Waals surface area contributed by atoms with Gasteiger partial charge in [0.2, 0.25) is 11.8 Å². The minimum Gasteiger partial charge on any atom is -0.396 e. The van der Waals surface area contributed by atoms with Crippen LogP contribution in [0.5, 0.6) is 0 Å². The zero-order valence-electron chi connectivity index (χ0n) is 19.2. The minimum absolute atomic E-state index is 0.0288. The van der Waals surface area contributed by atoms with Crippen LogP contribution in [0.2, 0.25) is 0 Å². The molecule has 5 nitrogen and oxygen atoms in total. The molecule has 2 amide bonds. The zero-order chi connectivity index (χ0) is 24.2. The highest BCUT2D eigenvalue weighted by Gasteiger charge is 2.30. The van der Waals surface area contributed by atoms with E-state index in [1.54, 1.807) is 17.0 Å². The normalized spacial score (nSPS) is 11.6. The van der Waals surface area contributed by atoms with Crippen molar-refractivity contribution in [2.75, 3.05) is 13.2 Å².